The number of nitrogens with one attached hydrogen (secondary N) is 2. The van der Waals surface area contributed by atoms with Crippen molar-refractivity contribution in [3.63, 3.8) is 0 Å². The first kappa shape index (κ1) is 14.5. The molecule has 5 heteroatoms. The summed E-state index contributed by atoms with van der Waals surface area (Å²) in [5.74, 6) is 0.0676. The summed E-state index contributed by atoms with van der Waals surface area (Å²) in [6.45, 7) is 1.33. The largest absolute Gasteiger partial charge is 0.383 e. The first-order valence-corrected chi connectivity index (χ1v) is 7.97. The van der Waals surface area contributed by atoms with Gasteiger partial charge in [-0.1, -0.05) is 46.9 Å². The van der Waals surface area contributed by atoms with Crippen LogP contribution in [0.3, 0.4) is 0 Å². The Kier molecular flexibility index (Phi) is 5.33. The average Bonchev–Trinajstić information content (AvgIpc) is 2.44. The Bertz CT molecular complexity index is 589. The minimum absolute atomic E-state index is 0.0676. The van der Waals surface area contributed by atoms with Crippen LogP contribution in [0.25, 0.3) is 10.8 Å². The molecule has 0 saturated carbocycles. The molecule has 0 saturated heterocycles. The van der Waals surface area contributed by atoms with Crippen molar-refractivity contribution in [1.82, 2.24) is 5.32 Å². The molecule has 0 aliphatic rings. The molecule has 0 aliphatic heterocycles. The van der Waals surface area contributed by atoms with Crippen molar-refractivity contribution in [2.45, 2.75) is 4.90 Å². The fourth-order valence-electron chi connectivity index (χ4n) is 1.89. The third-order valence-electron chi connectivity index (χ3n) is 2.78. The number of fused-ring (bicyclic) bond motifs is 1. The fourth-order valence-corrected chi connectivity index (χ4v) is 2.44. The molecular formula is C14H15IN2OS. The second kappa shape index (κ2) is 7.00. The van der Waals surface area contributed by atoms with Crippen LogP contribution in [0.15, 0.2) is 41.3 Å². The van der Waals surface area contributed by atoms with Gasteiger partial charge >= 0.3 is 0 Å². The maximum atomic E-state index is 11.1. The summed E-state index contributed by atoms with van der Waals surface area (Å²) >= 11 is 6.51. The van der Waals surface area contributed by atoms with Gasteiger partial charge in [-0.25, -0.2) is 0 Å². The van der Waals surface area contributed by atoms with E-state index in [1.54, 1.807) is 0 Å². The molecule has 0 heterocycles. The van der Waals surface area contributed by atoms with Crippen LogP contribution in [0.2, 0.25) is 0 Å². The lowest BCUT2D eigenvalue weighted by atomic mass is 10.1. The number of hydrogen-bond acceptors (Lipinski definition) is 3. The molecule has 0 bridgehead atoms. The van der Waals surface area contributed by atoms with Crippen molar-refractivity contribution >= 4 is 57.6 Å². The summed E-state index contributed by atoms with van der Waals surface area (Å²) in [7, 11) is 0. The molecule has 0 unspecified atom stereocenters. The van der Waals surface area contributed by atoms with Crippen molar-refractivity contribution < 1.29 is 4.79 Å². The van der Waals surface area contributed by atoms with E-state index in [4.69, 9.17) is 0 Å². The number of alkyl halides is 1. The molecule has 0 atom stereocenters. The van der Waals surface area contributed by atoms with E-state index in [2.05, 4.69) is 58.0 Å². The number of benzene rings is 2. The van der Waals surface area contributed by atoms with Gasteiger partial charge < -0.3 is 10.6 Å². The molecule has 0 aromatic heterocycles. The number of rotatable bonds is 5. The van der Waals surface area contributed by atoms with Crippen LogP contribution in [0.5, 0.6) is 0 Å². The number of amides is 1. The highest BCUT2D eigenvalue weighted by Gasteiger charge is 2.02. The molecule has 2 N–H and O–H groups in total. The fraction of sp³-hybridized carbons (Fsp3) is 0.214. The van der Waals surface area contributed by atoms with Crippen molar-refractivity contribution in [2.75, 3.05) is 22.8 Å². The maximum Gasteiger partial charge on any atom is 0.229 e. The Morgan fingerprint density at radius 1 is 1.11 bits per heavy atom. The molecule has 3 nitrogen and oxygen atoms in total. The quantitative estimate of drug-likeness (QED) is 0.320. The summed E-state index contributed by atoms with van der Waals surface area (Å²) in [5, 5.41) is 8.46. The van der Waals surface area contributed by atoms with Gasteiger partial charge in [-0.05, 0) is 17.5 Å². The lowest BCUT2D eigenvalue weighted by molar-refractivity contribution is -0.118. The molecule has 19 heavy (non-hydrogen) atoms. The monoisotopic (exact) mass is 386 g/mol. The predicted molar refractivity (Wildman–Crippen MR) is 91.6 cm³/mol. The van der Waals surface area contributed by atoms with E-state index in [9.17, 15) is 4.79 Å². The highest BCUT2D eigenvalue weighted by Crippen LogP contribution is 2.27. The number of thiol groups is 1. The van der Waals surface area contributed by atoms with Gasteiger partial charge in [0.1, 0.15) is 0 Å². The van der Waals surface area contributed by atoms with Crippen molar-refractivity contribution in [1.29, 1.82) is 0 Å². The van der Waals surface area contributed by atoms with Gasteiger partial charge in [0, 0.05) is 29.1 Å². The van der Waals surface area contributed by atoms with E-state index < -0.39 is 0 Å². The van der Waals surface area contributed by atoms with E-state index >= 15 is 0 Å². The zero-order valence-electron chi connectivity index (χ0n) is 10.3. The van der Waals surface area contributed by atoms with E-state index in [1.807, 2.05) is 24.3 Å². The molecule has 0 aliphatic carbocycles. The Labute approximate surface area is 131 Å². The molecule has 2 rings (SSSR count). The van der Waals surface area contributed by atoms with Gasteiger partial charge in [0.05, 0.1) is 4.43 Å². The summed E-state index contributed by atoms with van der Waals surface area (Å²) in [6.07, 6.45) is 0. The molecule has 100 valence electrons. The number of anilines is 1. The van der Waals surface area contributed by atoms with Crippen LogP contribution >= 0.6 is 35.2 Å². The zero-order chi connectivity index (χ0) is 13.7. The van der Waals surface area contributed by atoms with Crippen LogP contribution in [0, 0.1) is 0 Å². The SMILES string of the molecule is O=C(CI)NCCNc1cccc2c(S)cccc12. The van der Waals surface area contributed by atoms with Crippen LogP contribution in [-0.2, 0) is 4.79 Å². The van der Waals surface area contributed by atoms with E-state index in [0.29, 0.717) is 17.5 Å². The number of carbonyl (C=O) groups is 1. The maximum absolute atomic E-state index is 11.1. The number of halogens is 1. The third-order valence-corrected chi connectivity index (χ3v) is 3.87. The summed E-state index contributed by atoms with van der Waals surface area (Å²) < 4.78 is 0.495. The van der Waals surface area contributed by atoms with Gasteiger partial charge in [0.15, 0.2) is 0 Å². The van der Waals surface area contributed by atoms with Crippen molar-refractivity contribution in [2.24, 2.45) is 0 Å². The van der Waals surface area contributed by atoms with E-state index in [1.165, 1.54) is 0 Å². The van der Waals surface area contributed by atoms with E-state index in [-0.39, 0.29) is 5.91 Å². The van der Waals surface area contributed by atoms with Crippen molar-refractivity contribution in [3.8, 4) is 0 Å². The van der Waals surface area contributed by atoms with Crippen molar-refractivity contribution in [3.05, 3.63) is 36.4 Å². The molecule has 0 radical (unpaired) electrons. The normalized spacial score (nSPS) is 10.4. The second-order valence-corrected chi connectivity index (χ2v) is 5.33. The highest BCUT2D eigenvalue weighted by molar-refractivity contribution is 14.1. The van der Waals surface area contributed by atoms with E-state index in [0.717, 1.165) is 21.4 Å². The molecular weight excluding hydrogens is 371 g/mol. The number of hydrogen-bond donors (Lipinski definition) is 3. The Morgan fingerprint density at radius 2 is 1.84 bits per heavy atom. The molecule has 0 spiro atoms. The zero-order valence-corrected chi connectivity index (χ0v) is 13.4. The van der Waals surface area contributed by atoms with Gasteiger partial charge in [0.25, 0.3) is 0 Å². The lowest BCUT2D eigenvalue weighted by Gasteiger charge is -2.11. The van der Waals surface area contributed by atoms with Crippen LogP contribution in [-0.4, -0.2) is 23.4 Å². The average molecular weight is 386 g/mol. The van der Waals surface area contributed by atoms with Gasteiger partial charge in [-0.3, -0.25) is 4.79 Å². The number of carbonyl (C=O) groups excluding carboxylic acids is 1. The Morgan fingerprint density at radius 3 is 2.63 bits per heavy atom. The van der Waals surface area contributed by atoms with Gasteiger partial charge in [-0.2, -0.15) is 0 Å². The van der Waals surface area contributed by atoms with Crippen LogP contribution in [0.1, 0.15) is 0 Å². The van der Waals surface area contributed by atoms with Gasteiger partial charge in [-0.15, -0.1) is 12.6 Å². The Balaban J connectivity index is 2.05. The third kappa shape index (κ3) is 3.76. The summed E-state index contributed by atoms with van der Waals surface area (Å²) in [6, 6.07) is 12.1. The minimum atomic E-state index is 0.0676. The Hall–Kier alpha value is -0.950. The first-order chi connectivity index (χ1) is 9.22. The van der Waals surface area contributed by atoms with Crippen LogP contribution in [0.4, 0.5) is 5.69 Å². The molecule has 1 amide bonds. The first-order valence-electron chi connectivity index (χ1n) is 5.99. The molecule has 0 fully saturated rings. The molecule has 2 aromatic rings. The van der Waals surface area contributed by atoms with Crippen LogP contribution < -0.4 is 10.6 Å². The summed E-state index contributed by atoms with van der Waals surface area (Å²) in [4.78, 5) is 12.1. The minimum Gasteiger partial charge on any atom is -0.383 e. The van der Waals surface area contributed by atoms with Gasteiger partial charge in [0.2, 0.25) is 5.91 Å². The second-order valence-electron chi connectivity index (χ2n) is 4.09. The topological polar surface area (TPSA) is 41.1 Å². The predicted octanol–water partition coefficient (Wildman–Crippen LogP) is 3.09. The smallest absolute Gasteiger partial charge is 0.229 e. The lowest BCUT2D eigenvalue weighted by Crippen LogP contribution is -2.29. The summed E-state index contributed by atoms with van der Waals surface area (Å²) in [5.41, 5.74) is 1.07. The standard InChI is InChI=1S/C14H15IN2OS/c15-9-14(18)17-8-7-16-12-5-1-4-11-10(12)3-2-6-13(11)19/h1-6,16,19H,7-9H2,(H,17,18). The highest BCUT2D eigenvalue weighted by atomic mass is 127. The molecule has 2 aromatic carbocycles.